The number of nitrogens with zero attached hydrogens (tertiary/aromatic N) is 1. The highest BCUT2D eigenvalue weighted by Crippen LogP contribution is 2.38. The minimum absolute atomic E-state index is 0.174. The molecule has 4 N–H and O–H groups in total. The average molecular weight is 594 g/mol. The van der Waals surface area contributed by atoms with E-state index in [-0.39, 0.29) is 11.8 Å². The van der Waals surface area contributed by atoms with E-state index in [4.69, 9.17) is 15.6 Å². The summed E-state index contributed by atoms with van der Waals surface area (Å²) in [7, 11) is 0. The van der Waals surface area contributed by atoms with Gasteiger partial charge >= 0.3 is 12.1 Å². The maximum Gasteiger partial charge on any atom is 0.490 e. The molecule has 1 atom stereocenters. The summed E-state index contributed by atoms with van der Waals surface area (Å²) in [6.45, 7) is 0.876. The average Bonchev–Trinajstić information content (AvgIpc) is 3.50. The van der Waals surface area contributed by atoms with Crippen LogP contribution in [0.3, 0.4) is 0 Å². The molecule has 1 heterocycles. The number of rotatable bonds is 6. The maximum absolute atomic E-state index is 13.7. The van der Waals surface area contributed by atoms with E-state index in [0.29, 0.717) is 18.7 Å². The van der Waals surface area contributed by atoms with Gasteiger partial charge in [0, 0.05) is 17.0 Å². The number of hydrogen-bond donors (Lipinski definition) is 3. The number of amides is 2. The first-order chi connectivity index (χ1) is 20.1. The second-order valence-electron chi connectivity index (χ2n) is 9.14. The summed E-state index contributed by atoms with van der Waals surface area (Å²) < 4.78 is 33.4. The molecule has 7 nitrogen and oxygen atoms in total. The Morgan fingerprint density at radius 1 is 0.905 bits per heavy atom. The topological polar surface area (TPSA) is 113 Å². The molecular formula is C31H26F3N3O4S. The summed E-state index contributed by atoms with van der Waals surface area (Å²) in [6, 6.07) is 30.1. The number of benzene rings is 4. The van der Waals surface area contributed by atoms with Crippen LogP contribution in [0.1, 0.15) is 33.1 Å². The van der Waals surface area contributed by atoms with Crippen LogP contribution in [0.4, 0.5) is 13.2 Å². The summed E-state index contributed by atoms with van der Waals surface area (Å²) in [4.78, 5) is 36.6. The van der Waals surface area contributed by atoms with Crippen molar-refractivity contribution in [1.29, 1.82) is 0 Å². The second-order valence-corrected chi connectivity index (χ2v) is 10.2. The zero-order valence-corrected chi connectivity index (χ0v) is 22.9. The van der Waals surface area contributed by atoms with Gasteiger partial charge in [-0.15, -0.1) is 0 Å². The van der Waals surface area contributed by atoms with Crippen molar-refractivity contribution in [1.82, 2.24) is 9.62 Å². The first-order valence-electron chi connectivity index (χ1n) is 12.7. The summed E-state index contributed by atoms with van der Waals surface area (Å²) in [5.74, 6) is -3.22. The number of carbonyl (C=O) groups excluding carboxylic acids is 2. The molecule has 0 saturated heterocycles. The van der Waals surface area contributed by atoms with Crippen LogP contribution < -0.4 is 11.1 Å². The van der Waals surface area contributed by atoms with E-state index in [9.17, 15) is 22.8 Å². The number of nitrogens with two attached hydrogens (primary N) is 1. The zero-order valence-electron chi connectivity index (χ0n) is 22.0. The number of nitrogens with one attached hydrogen (secondary N) is 1. The molecule has 42 heavy (non-hydrogen) atoms. The molecule has 1 aliphatic heterocycles. The lowest BCUT2D eigenvalue weighted by Gasteiger charge is -2.24. The Bertz CT molecular complexity index is 1610. The summed E-state index contributed by atoms with van der Waals surface area (Å²) >= 11 is 1.41. The summed E-state index contributed by atoms with van der Waals surface area (Å²) in [5.41, 5.74) is 9.00. The first kappa shape index (κ1) is 30.4. The van der Waals surface area contributed by atoms with Crippen LogP contribution in [0, 0.1) is 0 Å². The molecule has 4 aromatic rings. The predicted octanol–water partition coefficient (Wildman–Crippen LogP) is 5.93. The van der Waals surface area contributed by atoms with Gasteiger partial charge in [0.05, 0.1) is 6.54 Å². The maximum atomic E-state index is 13.7. The number of carboxylic acid groups (broad SMARTS) is 1. The van der Waals surface area contributed by atoms with Crippen molar-refractivity contribution < 1.29 is 32.7 Å². The van der Waals surface area contributed by atoms with Gasteiger partial charge in [-0.1, -0.05) is 78.9 Å². The van der Waals surface area contributed by atoms with Gasteiger partial charge in [0.15, 0.2) is 0 Å². The Balaban J connectivity index is 0.000000517. The third-order valence-corrected chi connectivity index (χ3v) is 7.43. The Kier molecular flexibility index (Phi) is 9.66. The SMILES string of the molecule is NCc1ccc(C(NC(=O)c2ccccc2)C(=O)N2CC=C(c3ccc4ccccc4c3)S2)cc1.O=C(O)C(F)(F)F. The van der Waals surface area contributed by atoms with Crippen LogP contribution in [-0.2, 0) is 16.1 Å². The van der Waals surface area contributed by atoms with E-state index in [1.165, 1.54) is 17.3 Å². The number of carboxylic acids is 1. The number of fused-ring (bicyclic) bond motifs is 1. The fraction of sp³-hybridized carbons (Fsp3) is 0.129. The highest BCUT2D eigenvalue weighted by atomic mass is 32.2. The lowest BCUT2D eigenvalue weighted by atomic mass is 10.0. The standard InChI is InChI=1S/C29H25N3O2S.C2HF3O2/c30-19-20-10-12-22(13-11-20)27(31-28(33)23-7-2-1-3-8-23)29(34)32-17-16-26(35-32)25-15-14-21-6-4-5-9-24(21)18-25;3-2(4,5)1(6)7/h1-16,18,27H,17,19,30H2,(H,31,33);(H,6,7). The number of hydrogen-bond acceptors (Lipinski definition) is 5. The van der Waals surface area contributed by atoms with Crippen molar-refractivity contribution in [3.63, 3.8) is 0 Å². The third-order valence-electron chi connectivity index (χ3n) is 6.28. The molecule has 11 heteroatoms. The van der Waals surface area contributed by atoms with E-state index in [1.54, 1.807) is 28.6 Å². The molecule has 0 aromatic heterocycles. The van der Waals surface area contributed by atoms with Crippen LogP contribution in [0.15, 0.2) is 103 Å². The van der Waals surface area contributed by atoms with Gasteiger partial charge in [-0.2, -0.15) is 13.2 Å². The molecule has 2 amide bonds. The Hall–Kier alpha value is -4.61. The third kappa shape index (κ3) is 7.56. The summed E-state index contributed by atoms with van der Waals surface area (Å²) in [6.07, 6.45) is -3.03. The minimum atomic E-state index is -5.08. The second kappa shape index (κ2) is 13.4. The monoisotopic (exact) mass is 593 g/mol. The van der Waals surface area contributed by atoms with Crippen LogP contribution in [0.25, 0.3) is 15.7 Å². The summed E-state index contributed by atoms with van der Waals surface area (Å²) in [5, 5.41) is 12.4. The van der Waals surface area contributed by atoms with E-state index < -0.39 is 18.2 Å². The Morgan fingerprint density at radius 2 is 1.52 bits per heavy atom. The zero-order chi connectivity index (χ0) is 30.3. The molecule has 1 aliphatic rings. The molecule has 0 spiro atoms. The van der Waals surface area contributed by atoms with E-state index >= 15 is 0 Å². The smallest absolute Gasteiger partial charge is 0.475 e. The van der Waals surface area contributed by atoms with E-state index in [2.05, 4.69) is 41.7 Å². The normalized spacial score (nSPS) is 13.5. The Labute approximate surface area is 244 Å². The fourth-order valence-electron chi connectivity index (χ4n) is 4.09. The number of carbonyl (C=O) groups is 3. The van der Waals surface area contributed by atoms with Gasteiger partial charge in [-0.3, -0.25) is 13.9 Å². The van der Waals surface area contributed by atoms with Gasteiger partial charge in [0.2, 0.25) is 0 Å². The largest absolute Gasteiger partial charge is 0.490 e. The van der Waals surface area contributed by atoms with Gasteiger partial charge in [0.1, 0.15) is 6.04 Å². The highest BCUT2D eigenvalue weighted by Gasteiger charge is 2.38. The lowest BCUT2D eigenvalue weighted by Crippen LogP contribution is -2.39. The quantitative estimate of drug-likeness (QED) is 0.239. The van der Waals surface area contributed by atoms with Gasteiger partial charge in [0.25, 0.3) is 11.8 Å². The van der Waals surface area contributed by atoms with Crippen LogP contribution in [0.5, 0.6) is 0 Å². The van der Waals surface area contributed by atoms with Crippen LogP contribution in [-0.4, -0.2) is 39.9 Å². The highest BCUT2D eigenvalue weighted by molar-refractivity contribution is 8.06. The fourth-order valence-corrected chi connectivity index (χ4v) is 5.05. The minimum Gasteiger partial charge on any atom is -0.475 e. The van der Waals surface area contributed by atoms with Crippen molar-refractivity contribution in [2.24, 2.45) is 5.73 Å². The molecule has 0 radical (unpaired) electrons. The van der Waals surface area contributed by atoms with Gasteiger partial charge in [-0.05, 0) is 63.7 Å². The van der Waals surface area contributed by atoms with Crippen molar-refractivity contribution in [2.45, 2.75) is 18.8 Å². The Morgan fingerprint density at radius 3 is 2.14 bits per heavy atom. The van der Waals surface area contributed by atoms with Gasteiger partial charge in [-0.25, -0.2) is 4.79 Å². The van der Waals surface area contributed by atoms with Crippen molar-refractivity contribution >= 4 is 45.4 Å². The van der Waals surface area contributed by atoms with Crippen molar-refractivity contribution in [3.05, 3.63) is 125 Å². The van der Waals surface area contributed by atoms with Gasteiger partial charge < -0.3 is 16.2 Å². The number of halogens is 3. The van der Waals surface area contributed by atoms with Crippen molar-refractivity contribution in [3.8, 4) is 0 Å². The number of aliphatic carboxylic acids is 1. The first-order valence-corrected chi connectivity index (χ1v) is 13.5. The molecule has 5 rings (SSSR count). The molecule has 1 unspecified atom stereocenters. The number of alkyl halides is 3. The molecular weight excluding hydrogens is 567 g/mol. The molecule has 0 bridgehead atoms. The lowest BCUT2D eigenvalue weighted by molar-refractivity contribution is -0.192. The molecule has 0 saturated carbocycles. The van der Waals surface area contributed by atoms with Crippen molar-refractivity contribution in [2.75, 3.05) is 6.54 Å². The van der Waals surface area contributed by atoms with Crippen LogP contribution in [0.2, 0.25) is 0 Å². The van der Waals surface area contributed by atoms with E-state index in [0.717, 1.165) is 27.0 Å². The molecule has 0 aliphatic carbocycles. The van der Waals surface area contributed by atoms with Crippen LogP contribution >= 0.6 is 11.9 Å². The molecule has 4 aromatic carbocycles. The van der Waals surface area contributed by atoms with E-state index in [1.807, 2.05) is 42.5 Å². The molecule has 216 valence electrons. The molecule has 0 fully saturated rings. The predicted molar refractivity (Wildman–Crippen MR) is 156 cm³/mol.